The Hall–Kier alpha value is -3.22. The maximum Gasteiger partial charge on any atom is 0.255 e. The minimum Gasteiger partial charge on any atom is -0.493 e. The Morgan fingerprint density at radius 2 is 1.72 bits per heavy atom. The first kappa shape index (κ1) is 23.4. The number of carbonyl (C=O) groups is 2. The predicted molar refractivity (Wildman–Crippen MR) is 124 cm³/mol. The first-order valence-corrected chi connectivity index (χ1v) is 10.5. The average Bonchev–Trinajstić information content (AvgIpc) is 2.79. The molecular weight excluding hydrogens is 451 g/mol. The topological polar surface area (TPSA) is 90.7 Å². The molecule has 0 saturated carbocycles. The number of halogens is 2. The van der Waals surface area contributed by atoms with Gasteiger partial charge in [0.15, 0.2) is 18.1 Å². The van der Waals surface area contributed by atoms with Crippen molar-refractivity contribution in [3.63, 3.8) is 0 Å². The van der Waals surface area contributed by atoms with E-state index < -0.39 is 5.91 Å². The molecule has 0 saturated heterocycles. The van der Waals surface area contributed by atoms with Crippen LogP contribution in [0.15, 0.2) is 66.7 Å². The molecule has 0 bridgehead atoms. The van der Waals surface area contributed by atoms with E-state index in [4.69, 9.17) is 38.4 Å². The molecule has 1 unspecified atom stereocenters. The zero-order chi connectivity index (χ0) is 23.1. The standard InChI is InChI=1S/C24H22Cl2N2O4/c1-31-21-13-17(12-19(26)23(21)32-14-22(27)29)24(30)28-20(16-5-3-2-4-6-16)11-15-7-9-18(25)10-8-15/h2-10,12-13,20H,11,14H2,1H3,(H2,27,29)(H,28,30). The fourth-order valence-corrected chi connectivity index (χ4v) is 3.56. The molecule has 6 nitrogen and oxygen atoms in total. The van der Waals surface area contributed by atoms with E-state index in [1.54, 1.807) is 0 Å². The van der Waals surface area contributed by atoms with Gasteiger partial charge in [-0.1, -0.05) is 65.7 Å². The number of nitrogens with two attached hydrogens (primary N) is 1. The van der Waals surface area contributed by atoms with Gasteiger partial charge in [0, 0.05) is 10.6 Å². The van der Waals surface area contributed by atoms with E-state index in [1.807, 2.05) is 54.6 Å². The quantitative estimate of drug-likeness (QED) is 0.476. The Bertz CT molecular complexity index is 1090. The lowest BCUT2D eigenvalue weighted by atomic mass is 9.98. The largest absolute Gasteiger partial charge is 0.493 e. The second kappa shape index (κ2) is 10.9. The first-order valence-electron chi connectivity index (χ1n) is 9.76. The van der Waals surface area contributed by atoms with Gasteiger partial charge in [-0.05, 0) is 41.8 Å². The van der Waals surface area contributed by atoms with E-state index in [-0.39, 0.29) is 40.6 Å². The average molecular weight is 473 g/mol. The van der Waals surface area contributed by atoms with Crippen molar-refractivity contribution in [1.29, 1.82) is 0 Å². The van der Waals surface area contributed by atoms with Crippen molar-refractivity contribution in [1.82, 2.24) is 5.32 Å². The lowest BCUT2D eigenvalue weighted by molar-refractivity contribution is -0.119. The zero-order valence-electron chi connectivity index (χ0n) is 17.3. The molecule has 0 aromatic heterocycles. The molecule has 0 radical (unpaired) electrons. The highest BCUT2D eigenvalue weighted by Gasteiger charge is 2.20. The number of benzene rings is 3. The van der Waals surface area contributed by atoms with E-state index in [0.29, 0.717) is 11.4 Å². The number of rotatable bonds is 9. The molecule has 3 aromatic carbocycles. The van der Waals surface area contributed by atoms with Gasteiger partial charge in [-0.2, -0.15) is 0 Å². The van der Waals surface area contributed by atoms with Crippen LogP contribution in [-0.2, 0) is 11.2 Å². The van der Waals surface area contributed by atoms with Gasteiger partial charge < -0.3 is 20.5 Å². The van der Waals surface area contributed by atoms with Crippen LogP contribution in [0.3, 0.4) is 0 Å². The summed E-state index contributed by atoms with van der Waals surface area (Å²) >= 11 is 12.3. The van der Waals surface area contributed by atoms with Gasteiger partial charge in [0.1, 0.15) is 0 Å². The van der Waals surface area contributed by atoms with Crippen molar-refractivity contribution in [3.8, 4) is 11.5 Å². The number of hydrogen-bond donors (Lipinski definition) is 2. The Morgan fingerprint density at radius 1 is 1.03 bits per heavy atom. The smallest absolute Gasteiger partial charge is 0.255 e. The summed E-state index contributed by atoms with van der Waals surface area (Å²) in [7, 11) is 1.41. The van der Waals surface area contributed by atoms with Crippen molar-refractivity contribution in [2.45, 2.75) is 12.5 Å². The molecule has 2 amide bonds. The van der Waals surface area contributed by atoms with E-state index >= 15 is 0 Å². The molecule has 166 valence electrons. The summed E-state index contributed by atoms with van der Waals surface area (Å²) in [5, 5.41) is 3.84. The van der Waals surface area contributed by atoms with E-state index in [0.717, 1.165) is 11.1 Å². The van der Waals surface area contributed by atoms with Crippen LogP contribution in [0.5, 0.6) is 11.5 Å². The summed E-state index contributed by atoms with van der Waals surface area (Å²) in [5.41, 5.74) is 7.39. The molecule has 3 rings (SSSR count). The van der Waals surface area contributed by atoms with Crippen LogP contribution < -0.4 is 20.5 Å². The van der Waals surface area contributed by atoms with Crippen LogP contribution in [0.2, 0.25) is 10.0 Å². The maximum atomic E-state index is 13.1. The summed E-state index contributed by atoms with van der Waals surface area (Å²) < 4.78 is 10.6. The molecule has 0 aliphatic rings. The van der Waals surface area contributed by atoms with Crippen LogP contribution in [0.4, 0.5) is 0 Å². The van der Waals surface area contributed by atoms with Crippen LogP contribution in [0, 0.1) is 0 Å². The normalized spacial score (nSPS) is 11.5. The molecule has 8 heteroatoms. The van der Waals surface area contributed by atoms with Crippen molar-refractivity contribution in [3.05, 3.63) is 93.5 Å². The highest BCUT2D eigenvalue weighted by molar-refractivity contribution is 6.32. The van der Waals surface area contributed by atoms with Gasteiger partial charge in [0.05, 0.1) is 18.2 Å². The number of primary amides is 1. The molecule has 0 heterocycles. The highest BCUT2D eigenvalue weighted by atomic mass is 35.5. The molecule has 32 heavy (non-hydrogen) atoms. The minimum absolute atomic E-state index is 0.129. The van der Waals surface area contributed by atoms with E-state index in [9.17, 15) is 9.59 Å². The second-order valence-electron chi connectivity index (χ2n) is 7.01. The third-order valence-corrected chi connectivity index (χ3v) is 5.24. The predicted octanol–water partition coefficient (Wildman–Crippen LogP) is 4.58. The molecule has 3 aromatic rings. The lowest BCUT2D eigenvalue weighted by Crippen LogP contribution is -2.30. The fourth-order valence-electron chi connectivity index (χ4n) is 3.17. The molecule has 3 N–H and O–H groups in total. The van der Waals surface area contributed by atoms with Crippen molar-refractivity contribution in [2.24, 2.45) is 5.73 Å². The van der Waals surface area contributed by atoms with Crippen molar-refractivity contribution < 1.29 is 19.1 Å². The Labute approximate surface area is 196 Å². The third kappa shape index (κ3) is 6.15. The number of methoxy groups -OCH3 is 1. The summed E-state index contributed by atoms with van der Waals surface area (Å²) in [6.45, 7) is -0.362. The van der Waals surface area contributed by atoms with Gasteiger partial charge in [-0.25, -0.2) is 0 Å². The Balaban J connectivity index is 1.86. The third-order valence-electron chi connectivity index (χ3n) is 4.71. The Morgan fingerprint density at radius 3 is 2.34 bits per heavy atom. The summed E-state index contributed by atoms with van der Waals surface area (Å²) in [5.74, 6) is -0.629. The number of nitrogens with one attached hydrogen (secondary N) is 1. The highest BCUT2D eigenvalue weighted by Crippen LogP contribution is 2.36. The maximum absolute atomic E-state index is 13.1. The molecule has 0 aliphatic heterocycles. The minimum atomic E-state index is -0.655. The van der Waals surface area contributed by atoms with Gasteiger partial charge in [-0.3, -0.25) is 9.59 Å². The van der Waals surface area contributed by atoms with Crippen LogP contribution in [0.25, 0.3) is 0 Å². The Kier molecular flexibility index (Phi) is 7.98. The number of amides is 2. The van der Waals surface area contributed by atoms with Gasteiger partial charge >= 0.3 is 0 Å². The van der Waals surface area contributed by atoms with E-state index in [2.05, 4.69) is 5.32 Å². The molecular formula is C24H22Cl2N2O4. The molecule has 1 atom stereocenters. The van der Waals surface area contributed by atoms with Crippen LogP contribution in [0.1, 0.15) is 27.5 Å². The number of ether oxygens (including phenoxy) is 2. The molecule has 0 spiro atoms. The van der Waals surface area contributed by atoms with Gasteiger partial charge in [0.25, 0.3) is 11.8 Å². The molecule has 0 fully saturated rings. The van der Waals surface area contributed by atoms with E-state index in [1.165, 1.54) is 19.2 Å². The van der Waals surface area contributed by atoms with Crippen LogP contribution in [-0.4, -0.2) is 25.5 Å². The summed E-state index contributed by atoms with van der Waals surface area (Å²) in [4.78, 5) is 24.1. The zero-order valence-corrected chi connectivity index (χ0v) is 18.8. The first-order chi connectivity index (χ1) is 15.4. The van der Waals surface area contributed by atoms with Crippen molar-refractivity contribution >= 4 is 35.0 Å². The second-order valence-corrected chi connectivity index (χ2v) is 7.86. The molecule has 0 aliphatic carbocycles. The SMILES string of the molecule is COc1cc(C(=O)NC(Cc2ccc(Cl)cc2)c2ccccc2)cc(Cl)c1OCC(N)=O. The van der Waals surface area contributed by atoms with Crippen LogP contribution >= 0.6 is 23.2 Å². The number of carbonyl (C=O) groups excluding carboxylic acids is 2. The van der Waals surface area contributed by atoms with Crippen molar-refractivity contribution in [2.75, 3.05) is 13.7 Å². The lowest BCUT2D eigenvalue weighted by Gasteiger charge is -2.20. The van der Waals surface area contributed by atoms with Gasteiger partial charge in [0.2, 0.25) is 0 Å². The number of hydrogen-bond acceptors (Lipinski definition) is 4. The summed E-state index contributed by atoms with van der Waals surface area (Å²) in [6, 6.07) is 19.8. The monoisotopic (exact) mass is 472 g/mol. The fraction of sp³-hybridized carbons (Fsp3) is 0.167. The summed E-state index contributed by atoms with van der Waals surface area (Å²) in [6.07, 6.45) is 0.567. The van der Waals surface area contributed by atoms with Gasteiger partial charge in [-0.15, -0.1) is 0 Å².